The quantitative estimate of drug-likeness (QED) is 0.851. The number of carboxylic acids is 1. The van der Waals surface area contributed by atoms with Crippen molar-refractivity contribution < 1.29 is 14.3 Å². The van der Waals surface area contributed by atoms with E-state index < -0.39 is 11.8 Å². The van der Waals surface area contributed by atoms with Crippen molar-refractivity contribution in [3.63, 3.8) is 0 Å². The minimum absolute atomic E-state index is 0.234. The number of aromatic carboxylic acids is 1. The third-order valence-electron chi connectivity index (χ3n) is 3.11. The van der Waals surface area contributed by atoms with Gasteiger partial charge < -0.3 is 10.4 Å². The fourth-order valence-corrected chi connectivity index (χ4v) is 2.90. The number of carbonyl (C=O) groups is 1. The molecule has 5 heteroatoms. The molecule has 1 heterocycles. The van der Waals surface area contributed by atoms with E-state index in [4.69, 9.17) is 5.11 Å². The van der Waals surface area contributed by atoms with Gasteiger partial charge in [0.2, 0.25) is 0 Å². The van der Waals surface area contributed by atoms with Gasteiger partial charge in [0.05, 0.1) is 5.56 Å². The summed E-state index contributed by atoms with van der Waals surface area (Å²) >= 11 is 1.69. The number of carboxylic acid groups (broad SMARTS) is 1. The van der Waals surface area contributed by atoms with Crippen LogP contribution in [0.2, 0.25) is 0 Å². The number of thiophene rings is 1. The molecule has 1 aromatic heterocycles. The number of benzene rings is 1. The van der Waals surface area contributed by atoms with Gasteiger partial charge >= 0.3 is 5.97 Å². The molecule has 1 aromatic carbocycles. The summed E-state index contributed by atoms with van der Waals surface area (Å²) < 4.78 is 13.6. The Hall–Kier alpha value is -1.72. The van der Waals surface area contributed by atoms with E-state index in [9.17, 15) is 9.18 Å². The van der Waals surface area contributed by atoms with Crippen molar-refractivity contribution in [3.05, 3.63) is 57.5 Å². The van der Waals surface area contributed by atoms with Crippen molar-refractivity contribution in [2.45, 2.75) is 25.9 Å². The fraction of sp³-hybridized carbons (Fsp3) is 0.267. The van der Waals surface area contributed by atoms with E-state index in [1.54, 1.807) is 17.4 Å². The molecule has 2 rings (SSSR count). The van der Waals surface area contributed by atoms with Crippen molar-refractivity contribution in [1.82, 2.24) is 5.32 Å². The normalized spacial score (nSPS) is 12.3. The molecule has 0 bridgehead atoms. The molecule has 0 saturated heterocycles. The molecule has 1 unspecified atom stereocenters. The summed E-state index contributed by atoms with van der Waals surface area (Å²) in [7, 11) is 0. The molecule has 0 amide bonds. The van der Waals surface area contributed by atoms with Crippen LogP contribution in [0.1, 0.15) is 40.2 Å². The van der Waals surface area contributed by atoms with Crippen LogP contribution in [0.25, 0.3) is 0 Å². The Morgan fingerprint density at radius 2 is 2.25 bits per heavy atom. The number of hydrogen-bond acceptors (Lipinski definition) is 3. The average Bonchev–Trinajstić information content (AvgIpc) is 2.93. The Kier molecular flexibility index (Phi) is 4.87. The van der Waals surface area contributed by atoms with Crippen molar-refractivity contribution in [3.8, 4) is 0 Å². The van der Waals surface area contributed by atoms with Gasteiger partial charge in [0, 0.05) is 17.5 Å². The average molecular weight is 293 g/mol. The molecule has 1 atom stereocenters. The second-order valence-electron chi connectivity index (χ2n) is 4.48. The summed E-state index contributed by atoms with van der Waals surface area (Å²) in [5, 5.41) is 14.2. The number of halogens is 1. The minimum atomic E-state index is -1.24. The molecule has 0 aliphatic heterocycles. The van der Waals surface area contributed by atoms with Crippen LogP contribution in [-0.4, -0.2) is 11.1 Å². The zero-order valence-electron chi connectivity index (χ0n) is 11.1. The van der Waals surface area contributed by atoms with Crippen LogP contribution < -0.4 is 5.32 Å². The van der Waals surface area contributed by atoms with Crippen molar-refractivity contribution in [2.75, 3.05) is 0 Å². The summed E-state index contributed by atoms with van der Waals surface area (Å²) in [6.07, 6.45) is 0.941. The van der Waals surface area contributed by atoms with Crippen LogP contribution in [0.4, 0.5) is 4.39 Å². The Bertz CT molecular complexity index is 584. The van der Waals surface area contributed by atoms with E-state index in [1.165, 1.54) is 17.0 Å². The van der Waals surface area contributed by atoms with Gasteiger partial charge in [-0.25, -0.2) is 9.18 Å². The number of hydrogen-bond donors (Lipinski definition) is 2. The fourth-order valence-electron chi connectivity index (χ4n) is 2.02. The van der Waals surface area contributed by atoms with E-state index in [-0.39, 0.29) is 11.6 Å². The van der Waals surface area contributed by atoms with E-state index in [0.717, 1.165) is 12.0 Å². The van der Waals surface area contributed by atoms with Crippen LogP contribution in [0.15, 0.2) is 35.7 Å². The lowest BCUT2D eigenvalue weighted by atomic mass is 10.1. The molecule has 0 fully saturated rings. The van der Waals surface area contributed by atoms with Crippen LogP contribution in [0.5, 0.6) is 0 Å². The Morgan fingerprint density at radius 3 is 2.80 bits per heavy atom. The van der Waals surface area contributed by atoms with Gasteiger partial charge in [0.25, 0.3) is 0 Å². The molecule has 0 aliphatic rings. The highest BCUT2D eigenvalue weighted by atomic mass is 32.1. The van der Waals surface area contributed by atoms with Crippen LogP contribution >= 0.6 is 11.3 Å². The largest absolute Gasteiger partial charge is 0.478 e. The summed E-state index contributed by atoms with van der Waals surface area (Å²) in [5.74, 6) is -1.94. The van der Waals surface area contributed by atoms with Gasteiger partial charge in [0.1, 0.15) is 5.82 Å². The molecule has 0 radical (unpaired) electrons. The third kappa shape index (κ3) is 3.43. The van der Waals surface area contributed by atoms with Crippen LogP contribution in [0.3, 0.4) is 0 Å². The molecule has 20 heavy (non-hydrogen) atoms. The molecule has 2 aromatic rings. The third-order valence-corrected chi connectivity index (χ3v) is 4.10. The summed E-state index contributed by atoms with van der Waals surface area (Å²) in [6.45, 7) is 2.60. The topological polar surface area (TPSA) is 49.3 Å². The first-order valence-corrected chi connectivity index (χ1v) is 7.28. The van der Waals surface area contributed by atoms with Gasteiger partial charge in [-0.2, -0.15) is 0 Å². The molecular formula is C15H16FNO2S. The Balaban J connectivity index is 2.03. The van der Waals surface area contributed by atoms with Crippen molar-refractivity contribution in [1.29, 1.82) is 0 Å². The summed E-state index contributed by atoms with van der Waals surface area (Å²) in [5.41, 5.74) is 0.446. The van der Waals surface area contributed by atoms with Crippen LogP contribution in [0, 0.1) is 5.82 Å². The molecule has 0 saturated carbocycles. The molecule has 2 N–H and O–H groups in total. The zero-order valence-corrected chi connectivity index (χ0v) is 11.9. The maximum absolute atomic E-state index is 13.6. The highest BCUT2D eigenvalue weighted by molar-refractivity contribution is 7.10. The second-order valence-corrected chi connectivity index (χ2v) is 5.46. The highest BCUT2D eigenvalue weighted by Crippen LogP contribution is 2.22. The lowest BCUT2D eigenvalue weighted by Crippen LogP contribution is -2.19. The van der Waals surface area contributed by atoms with Crippen LogP contribution in [-0.2, 0) is 6.54 Å². The zero-order chi connectivity index (χ0) is 14.5. The maximum atomic E-state index is 13.6. The molecule has 106 valence electrons. The van der Waals surface area contributed by atoms with E-state index >= 15 is 0 Å². The first-order valence-electron chi connectivity index (χ1n) is 6.40. The van der Waals surface area contributed by atoms with Gasteiger partial charge in [-0.05, 0) is 35.6 Å². The monoisotopic (exact) mass is 293 g/mol. The van der Waals surface area contributed by atoms with Crippen molar-refractivity contribution >= 4 is 17.3 Å². The Morgan fingerprint density at radius 1 is 1.45 bits per heavy atom. The first-order chi connectivity index (χ1) is 9.61. The van der Waals surface area contributed by atoms with Gasteiger partial charge in [-0.15, -0.1) is 11.3 Å². The van der Waals surface area contributed by atoms with Gasteiger partial charge in [-0.1, -0.05) is 19.1 Å². The predicted molar refractivity (Wildman–Crippen MR) is 77.6 cm³/mol. The molecule has 0 spiro atoms. The van der Waals surface area contributed by atoms with Crippen molar-refractivity contribution in [2.24, 2.45) is 0 Å². The standard InChI is InChI=1S/C15H16FNO2S/c1-2-13(14-4-3-7-20-14)17-9-10-5-6-11(15(18)19)12(16)8-10/h3-8,13,17H,2,9H2,1H3,(H,18,19). The van der Waals surface area contributed by atoms with E-state index in [2.05, 4.69) is 18.3 Å². The SMILES string of the molecule is CCC(NCc1ccc(C(=O)O)c(F)c1)c1cccs1. The first kappa shape index (κ1) is 14.7. The lowest BCUT2D eigenvalue weighted by Gasteiger charge is -2.15. The molecule has 3 nitrogen and oxygen atoms in total. The smallest absolute Gasteiger partial charge is 0.338 e. The summed E-state index contributed by atoms with van der Waals surface area (Å²) in [4.78, 5) is 12.0. The lowest BCUT2D eigenvalue weighted by molar-refractivity contribution is 0.0692. The number of nitrogens with one attached hydrogen (secondary N) is 1. The predicted octanol–water partition coefficient (Wildman–Crippen LogP) is 3.83. The highest BCUT2D eigenvalue weighted by Gasteiger charge is 2.12. The second kappa shape index (κ2) is 6.63. The van der Waals surface area contributed by atoms with Gasteiger partial charge in [-0.3, -0.25) is 0 Å². The maximum Gasteiger partial charge on any atom is 0.338 e. The van der Waals surface area contributed by atoms with E-state index in [0.29, 0.717) is 6.54 Å². The molecular weight excluding hydrogens is 277 g/mol. The van der Waals surface area contributed by atoms with E-state index in [1.807, 2.05) is 11.4 Å². The van der Waals surface area contributed by atoms with Gasteiger partial charge in [0.15, 0.2) is 0 Å². The summed E-state index contributed by atoms with van der Waals surface area (Å²) in [6, 6.07) is 8.53. The Labute approximate surface area is 121 Å². The minimum Gasteiger partial charge on any atom is -0.478 e. The molecule has 0 aliphatic carbocycles. The number of rotatable bonds is 6.